The van der Waals surface area contributed by atoms with E-state index in [0.29, 0.717) is 17.9 Å². The van der Waals surface area contributed by atoms with E-state index in [1.807, 2.05) is 0 Å². The molecule has 21 heavy (non-hydrogen) atoms. The van der Waals surface area contributed by atoms with Crippen LogP contribution in [0.4, 0.5) is 0 Å². The number of hydrogen-bond acceptors (Lipinski definition) is 3. The normalized spacial score (nSPS) is 11.0. The van der Waals surface area contributed by atoms with E-state index in [1.165, 1.54) is 31.7 Å². The lowest BCUT2D eigenvalue weighted by molar-refractivity contribution is 0.385. The average Bonchev–Trinajstić information content (AvgIpc) is 2.45. The highest BCUT2D eigenvalue weighted by atomic mass is 32.1. The third kappa shape index (κ3) is 5.65. The smallest absolute Gasteiger partial charge is 0.258 e. The van der Waals surface area contributed by atoms with Crippen molar-refractivity contribution >= 4 is 12.2 Å². The summed E-state index contributed by atoms with van der Waals surface area (Å²) in [5.74, 6) is -0.00805. The van der Waals surface area contributed by atoms with Crippen LogP contribution in [0.1, 0.15) is 65.2 Å². The van der Waals surface area contributed by atoms with Gasteiger partial charge < -0.3 is 5.11 Å². The van der Waals surface area contributed by atoms with Crippen molar-refractivity contribution in [2.75, 3.05) is 0 Å². The molecule has 0 bridgehead atoms. The predicted octanol–water partition coefficient (Wildman–Crippen LogP) is 4.25. The quantitative estimate of drug-likeness (QED) is 0.519. The van der Waals surface area contributed by atoms with Crippen molar-refractivity contribution in [2.45, 2.75) is 78.3 Å². The summed E-state index contributed by atoms with van der Waals surface area (Å²) in [5.41, 5.74) is -0.196. The second-order valence-electron chi connectivity index (χ2n) is 5.55. The maximum atomic E-state index is 12.0. The first-order valence-electron chi connectivity index (χ1n) is 8.15. The van der Waals surface area contributed by atoms with Gasteiger partial charge in [0.05, 0.1) is 6.07 Å². The van der Waals surface area contributed by atoms with E-state index in [4.69, 9.17) is 12.2 Å². The molecular formula is C16H28N2O2S. The lowest BCUT2D eigenvalue weighted by Crippen LogP contribution is -2.24. The van der Waals surface area contributed by atoms with Gasteiger partial charge in [-0.15, -0.1) is 0 Å². The van der Waals surface area contributed by atoms with Crippen molar-refractivity contribution < 1.29 is 5.11 Å². The largest absolute Gasteiger partial charge is 0.494 e. The summed E-state index contributed by atoms with van der Waals surface area (Å²) >= 11 is 5.39. The van der Waals surface area contributed by atoms with E-state index in [1.54, 1.807) is 9.13 Å². The van der Waals surface area contributed by atoms with E-state index >= 15 is 0 Å². The first kappa shape index (κ1) is 18.0. The molecule has 0 aliphatic carbocycles. The molecule has 0 saturated carbocycles. The molecule has 5 heteroatoms. The van der Waals surface area contributed by atoms with Crippen LogP contribution in [0.3, 0.4) is 0 Å². The minimum atomic E-state index is -0.196. The van der Waals surface area contributed by atoms with Crippen molar-refractivity contribution in [3.63, 3.8) is 0 Å². The van der Waals surface area contributed by atoms with Gasteiger partial charge in [0.1, 0.15) is 0 Å². The summed E-state index contributed by atoms with van der Waals surface area (Å²) < 4.78 is 3.75. The Balaban J connectivity index is 2.79. The van der Waals surface area contributed by atoms with Crippen LogP contribution < -0.4 is 5.56 Å². The van der Waals surface area contributed by atoms with Gasteiger partial charge in [-0.25, -0.2) is 0 Å². The molecule has 0 spiro atoms. The third-order valence-corrected chi connectivity index (χ3v) is 4.17. The minimum absolute atomic E-state index is 0.00805. The number of aromatic hydroxyl groups is 1. The lowest BCUT2D eigenvalue weighted by atomic mass is 10.2. The van der Waals surface area contributed by atoms with Crippen molar-refractivity contribution in [2.24, 2.45) is 0 Å². The Bertz CT molecular complexity index is 534. The second-order valence-corrected chi connectivity index (χ2v) is 5.91. The highest BCUT2D eigenvalue weighted by Gasteiger charge is 2.07. The molecule has 1 aromatic rings. The fourth-order valence-electron chi connectivity index (χ4n) is 2.41. The Kier molecular flexibility index (Phi) is 8.35. The van der Waals surface area contributed by atoms with Crippen LogP contribution >= 0.6 is 12.2 Å². The maximum absolute atomic E-state index is 12.0. The van der Waals surface area contributed by atoms with Crippen molar-refractivity contribution in [3.8, 4) is 5.88 Å². The molecule has 1 N–H and O–H groups in total. The van der Waals surface area contributed by atoms with E-state index in [2.05, 4.69) is 13.8 Å². The summed E-state index contributed by atoms with van der Waals surface area (Å²) in [7, 11) is 0. The zero-order chi connectivity index (χ0) is 15.7. The molecule has 0 saturated heterocycles. The van der Waals surface area contributed by atoms with Gasteiger partial charge in [0.25, 0.3) is 5.56 Å². The van der Waals surface area contributed by atoms with Crippen LogP contribution in [0.15, 0.2) is 10.9 Å². The molecule has 0 unspecified atom stereocenters. The molecule has 0 aliphatic heterocycles. The predicted molar refractivity (Wildman–Crippen MR) is 89.5 cm³/mol. The summed E-state index contributed by atoms with van der Waals surface area (Å²) in [5, 5.41) is 9.95. The SMILES string of the molecule is CCCCCCn1c(O)cc(=O)n(CCCCCC)c1=S. The molecule has 1 rings (SSSR count). The number of nitrogens with zero attached hydrogens (tertiary/aromatic N) is 2. The third-order valence-electron chi connectivity index (χ3n) is 3.73. The summed E-state index contributed by atoms with van der Waals surface area (Å²) in [6.07, 6.45) is 8.86. The molecule has 0 aliphatic rings. The van der Waals surface area contributed by atoms with E-state index in [9.17, 15) is 9.90 Å². The molecule has 0 aromatic carbocycles. The minimum Gasteiger partial charge on any atom is -0.494 e. The fourth-order valence-corrected chi connectivity index (χ4v) is 2.78. The molecular weight excluding hydrogens is 284 g/mol. The van der Waals surface area contributed by atoms with E-state index in [-0.39, 0.29) is 11.4 Å². The molecule has 0 amide bonds. The van der Waals surface area contributed by atoms with Gasteiger partial charge >= 0.3 is 0 Å². The first-order valence-corrected chi connectivity index (χ1v) is 8.56. The van der Waals surface area contributed by atoms with Gasteiger partial charge in [-0.1, -0.05) is 52.4 Å². The molecule has 4 nitrogen and oxygen atoms in total. The van der Waals surface area contributed by atoms with Crippen molar-refractivity contribution in [1.82, 2.24) is 9.13 Å². The van der Waals surface area contributed by atoms with Crippen LogP contribution in [0.2, 0.25) is 0 Å². The van der Waals surface area contributed by atoms with E-state index < -0.39 is 0 Å². The number of unbranched alkanes of at least 4 members (excludes halogenated alkanes) is 6. The average molecular weight is 312 g/mol. The van der Waals surface area contributed by atoms with Crippen molar-refractivity contribution in [1.29, 1.82) is 0 Å². The Hall–Kier alpha value is -1.10. The van der Waals surface area contributed by atoms with Crippen LogP contribution in [0.25, 0.3) is 0 Å². The lowest BCUT2D eigenvalue weighted by Gasteiger charge is -2.14. The molecule has 0 fully saturated rings. The Morgan fingerprint density at radius 2 is 1.48 bits per heavy atom. The molecule has 1 aromatic heterocycles. The second kappa shape index (κ2) is 9.77. The molecule has 0 radical (unpaired) electrons. The Morgan fingerprint density at radius 3 is 2.00 bits per heavy atom. The molecule has 1 heterocycles. The Labute approximate surface area is 132 Å². The maximum Gasteiger partial charge on any atom is 0.258 e. The number of rotatable bonds is 10. The number of hydrogen-bond donors (Lipinski definition) is 1. The summed E-state index contributed by atoms with van der Waals surface area (Å²) in [4.78, 5) is 12.0. The van der Waals surface area contributed by atoms with Gasteiger partial charge in [0, 0.05) is 13.1 Å². The first-order chi connectivity index (χ1) is 10.1. The zero-order valence-corrected chi connectivity index (χ0v) is 14.1. The Morgan fingerprint density at radius 1 is 0.952 bits per heavy atom. The van der Waals surface area contributed by atoms with Gasteiger partial charge in [-0.3, -0.25) is 13.9 Å². The van der Waals surface area contributed by atoms with Crippen LogP contribution in [-0.2, 0) is 13.1 Å². The monoisotopic (exact) mass is 312 g/mol. The summed E-state index contributed by atoms with van der Waals surface area (Å²) in [6, 6.07) is 1.29. The highest BCUT2D eigenvalue weighted by Crippen LogP contribution is 2.11. The zero-order valence-electron chi connectivity index (χ0n) is 13.3. The molecule has 120 valence electrons. The van der Waals surface area contributed by atoms with Crippen LogP contribution in [0.5, 0.6) is 5.88 Å². The summed E-state index contributed by atoms with van der Waals surface area (Å²) in [6.45, 7) is 5.65. The van der Waals surface area contributed by atoms with Crippen LogP contribution in [-0.4, -0.2) is 14.2 Å². The van der Waals surface area contributed by atoms with Gasteiger partial charge in [-0.05, 0) is 25.1 Å². The van der Waals surface area contributed by atoms with E-state index in [0.717, 1.165) is 25.7 Å². The van der Waals surface area contributed by atoms with Crippen molar-refractivity contribution in [3.05, 3.63) is 21.2 Å². The fraction of sp³-hybridized carbons (Fsp3) is 0.750. The standard InChI is InChI=1S/C16H28N2O2S/c1-3-5-7-9-11-17-14(19)13-15(20)18(16(17)21)12-10-8-6-4-2/h13,19H,3-12H2,1-2H3. The highest BCUT2D eigenvalue weighted by molar-refractivity contribution is 7.71. The van der Waals surface area contributed by atoms with Crippen LogP contribution in [0, 0.1) is 4.77 Å². The molecule has 0 atom stereocenters. The van der Waals surface area contributed by atoms with Gasteiger partial charge in [-0.2, -0.15) is 0 Å². The topological polar surface area (TPSA) is 47.2 Å². The number of aromatic nitrogens is 2. The van der Waals surface area contributed by atoms with Gasteiger partial charge in [0.15, 0.2) is 10.7 Å². The van der Waals surface area contributed by atoms with Gasteiger partial charge in [0.2, 0.25) is 0 Å².